The van der Waals surface area contributed by atoms with Gasteiger partial charge < -0.3 is 0 Å². The van der Waals surface area contributed by atoms with Crippen LogP contribution in [0.2, 0.25) is 0 Å². The number of carbonyl (C=O) groups is 1. The number of hydrogen-bond acceptors (Lipinski definition) is 5. The summed E-state index contributed by atoms with van der Waals surface area (Å²) >= 11 is 0. The number of nitro groups is 1. The van der Waals surface area contributed by atoms with E-state index in [1.807, 2.05) is 37.3 Å². The van der Waals surface area contributed by atoms with Gasteiger partial charge in [0.1, 0.15) is 5.69 Å². The lowest BCUT2D eigenvalue weighted by Crippen LogP contribution is -2.06. The molecule has 0 aliphatic heterocycles. The van der Waals surface area contributed by atoms with Crippen molar-refractivity contribution in [1.29, 1.82) is 0 Å². The standard InChI is InChI=1S/C22H16N4O3/c1-15-11-13-16(14-12-15)20-21(22(27)17-7-3-2-4-8-17)24-25(23-20)18-9-5-6-10-19(18)26(28)29/h2-14H,1H3. The number of aromatic nitrogens is 3. The third-order valence-electron chi connectivity index (χ3n) is 4.48. The highest BCUT2D eigenvalue weighted by atomic mass is 16.6. The predicted molar refractivity (Wildman–Crippen MR) is 108 cm³/mol. The lowest BCUT2D eigenvalue weighted by Gasteiger charge is -2.01. The fourth-order valence-electron chi connectivity index (χ4n) is 2.99. The first-order valence-corrected chi connectivity index (χ1v) is 8.92. The van der Waals surface area contributed by atoms with Crippen molar-refractivity contribution in [2.45, 2.75) is 6.92 Å². The maximum Gasteiger partial charge on any atom is 0.296 e. The highest BCUT2D eigenvalue weighted by Gasteiger charge is 2.24. The molecule has 4 rings (SSSR count). The van der Waals surface area contributed by atoms with E-state index in [-0.39, 0.29) is 22.9 Å². The summed E-state index contributed by atoms with van der Waals surface area (Å²) in [6.07, 6.45) is 0. The number of hydrogen-bond donors (Lipinski definition) is 0. The molecule has 3 aromatic carbocycles. The SMILES string of the molecule is Cc1ccc(-c2nn(-c3ccccc3[N+](=O)[O-])nc2C(=O)c2ccccc2)cc1. The van der Waals surface area contributed by atoms with Crippen LogP contribution in [0.1, 0.15) is 21.6 Å². The highest BCUT2D eigenvalue weighted by molar-refractivity contribution is 6.10. The van der Waals surface area contributed by atoms with Gasteiger partial charge in [-0.15, -0.1) is 15.0 Å². The third-order valence-corrected chi connectivity index (χ3v) is 4.48. The van der Waals surface area contributed by atoms with Crippen LogP contribution in [0.3, 0.4) is 0 Å². The number of rotatable bonds is 5. The lowest BCUT2D eigenvalue weighted by molar-refractivity contribution is -0.384. The van der Waals surface area contributed by atoms with E-state index in [0.717, 1.165) is 10.4 Å². The average molecular weight is 384 g/mol. The fraction of sp³-hybridized carbons (Fsp3) is 0.0455. The van der Waals surface area contributed by atoms with Crippen molar-refractivity contribution in [2.24, 2.45) is 0 Å². The Morgan fingerprint density at radius 2 is 1.55 bits per heavy atom. The maximum atomic E-state index is 13.1. The first kappa shape index (κ1) is 18.2. The van der Waals surface area contributed by atoms with Crippen molar-refractivity contribution in [2.75, 3.05) is 0 Å². The quantitative estimate of drug-likeness (QED) is 0.289. The second-order valence-corrected chi connectivity index (χ2v) is 6.49. The van der Waals surface area contributed by atoms with Crippen molar-refractivity contribution < 1.29 is 9.72 Å². The molecular formula is C22H16N4O3. The molecule has 0 fully saturated rings. The minimum absolute atomic E-state index is 0.137. The molecule has 0 unspecified atom stereocenters. The van der Waals surface area contributed by atoms with Crippen LogP contribution in [-0.4, -0.2) is 25.7 Å². The molecule has 0 radical (unpaired) electrons. The molecule has 0 saturated heterocycles. The molecule has 0 aliphatic rings. The monoisotopic (exact) mass is 384 g/mol. The van der Waals surface area contributed by atoms with E-state index < -0.39 is 4.92 Å². The molecule has 142 valence electrons. The van der Waals surface area contributed by atoms with Crippen molar-refractivity contribution in [1.82, 2.24) is 15.0 Å². The first-order chi connectivity index (χ1) is 14.0. The predicted octanol–water partition coefficient (Wildman–Crippen LogP) is 4.38. The van der Waals surface area contributed by atoms with Gasteiger partial charge in [-0.05, 0) is 13.0 Å². The number of nitrogens with zero attached hydrogens (tertiary/aromatic N) is 4. The van der Waals surface area contributed by atoms with Gasteiger partial charge in [0.2, 0.25) is 5.78 Å². The largest absolute Gasteiger partial charge is 0.296 e. The van der Waals surface area contributed by atoms with Gasteiger partial charge in [-0.1, -0.05) is 72.3 Å². The van der Waals surface area contributed by atoms with Gasteiger partial charge in [0.25, 0.3) is 5.69 Å². The van der Waals surface area contributed by atoms with E-state index in [0.29, 0.717) is 16.8 Å². The summed E-state index contributed by atoms with van der Waals surface area (Å²) in [6, 6.07) is 22.4. The average Bonchev–Trinajstić information content (AvgIpc) is 3.19. The topological polar surface area (TPSA) is 90.9 Å². The Kier molecular flexibility index (Phi) is 4.70. The molecule has 0 atom stereocenters. The van der Waals surface area contributed by atoms with Gasteiger partial charge in [0.15, 0.2) is 11.4 Å². The molecule has 7 nitrogen and oxygen atoms in total. The van der Waals surface area contributed by atoms with Crippen molar-refractivity contribution in [3.8, 4) is 16.9 Å². The van der Waals surface area contributed by atoms with Crippen LogP contribution in [-0.2, 0) is 0 Å². The molecule has 29 heavy (non-hydrogen) atoms. The molecule has 0 bridgehead atoms. The summed E-state index contributed by atoms with van der Waals surface area (Å²) in [7, 11) is 0. The smallest absolute Gasteiger partial charge is 0.287 e. The molecule has 1 aromatic heterocycles. The number of benzene rings is 3. The summed E-state index contributed by atoms with van der Waals surface area (Å²) in [5.74, 6) is -0.300. The fourth-order valence-corrected chi connectivity index (χ4v) is 2.99. The Hall–Kier alpha value is -4.13. The van der Waals surface area contributed by atoms with Crippen LogP contribution in [0.25, 0.3) is 16.9 Å². The van der Waals surface area contributed by atoms with Crippen LogP contribution >= 0.6 is 0 Å². The third kappa shape index (κ3) is 3.53. The Balaban J connectivity index is 1.91. The van der Waals surface area contributed by atoms with E-state index >= 15 is 0 Å². The van der Waals surface area contributed by atoms with Gasteiger partial charge >= 0.3 is 0 Å². The van der Waals surface area contributed by atoms with Crippen LogP contribution in [0, 0.1) is 17.0 Å². The molecule has 0 amide bonds. The van der Waals surface area contributed by atoms with Crippen LogP contribution < -0.4 is 0 Å². The Bertz CT molecular complexity index is 1200. The Morgan fingerprint density at radius 1 is 0.897 bits per heavy atom. The van der Waals surface area contributed by atoms with Crippen molar-refractivity contribution >= 4 is 11.5 Å². The summed E-state index contributed by atoms with van der Waals surface area (Å²) in [4.78, 5) is 25.2. The van der Waals surface area contributed by atoms with E-state index in [9.17, 15) is 14.9 Å². The van der Waals surface area contributed by atoms with Gasteiger partial charge in [-0.3, -0.25) is 14.9 Å². The molecule has 0 N–H and O–H groups in total. The van der Waals surface area contributed by atoms with Crippen molar-refractivity contribution in [3.05, 3.63) is 106 Å². The first-order valence-electron chi connectivity index (χ1n) is 8.92. The van der Waals surface area contributed by atoms with Crippen LogP contribution in [0.5, 0.6) is 0 Å². The summed E-state index contributed by atoms with van der Waals surface area (Å²) in [6.45, 7) is 1.96. The van der Waals surface area contributed by atoms with E-state index in [1.165, 1.54) is 6.07 Å². The summed E-state index contributed by atoms with van der Waals surface area (Å²) < 4.78 is 0. The van der Waals surface area contributed by atoms with Gasteiger partial charge in [-0.2, -0.15) is 0 Å². The van der Waals surface area contributed by atoms with E-state index in [2.05, 4.69) is 10.2 Å². The minimum Gasteiger partial charge on any atom is -0.287 e. The Morgan fingerprint density at radius 3 is 2.24 bits per heavy atom. The minimum atomic E-state index is -0.497. The highest BCUT2D eigenvalue weighted by Crippen LogP contribution is 2.27. The zero-order valence-electron chi connectivity index (χ0n) is 15.5. The van der Waals surface area contributed by atoms with E-state index in [4.69, 9.17) is 0 Å². The number of aryl methyl sites for hydroxylation is 1. The number of carbonyl (C=O) groups excluding carboxylic acids is 1. The zero-order chi connectivity index (χ0) is 20.4. The Labute approximate surface area is 166 Å². The maximum absolute atomic E-state index is 13.1. The summed E-state index contributed by atoms with van der Waals surface area (Å²) in [5.41, 5.74) is 2.80. The normalized spacial score (nSPS) is 10.7. The van der Waals surface area contributed by atoms with Crippen LogP contribution in [0.15, 0.2) is 78.9 Å². The van der Waals surface area contributed by atoms with Crippen molar-refractivity contribution in [3.63, 3.8) is 0 Å². The molecule has 0 spiro atoms. The summed E-state index contributed by atoms with van der Waals surface area (Å²) in [5, 5.41) is 20.2. The van der Waals surface area contributed by atoms with Crippen LogP contribution in [0.4, 0.5) is 5.69 Å². The van der Waals surface area contributed by atoms with Gasteiger partial charge in [0.05, 0.1) is 4.92 Å². The zero-order valence-corrected chi connectivity index (χ0v) is 15.5. The molecule has 1 heterocycles. The number of para-hydroxylation sites is 2. The second-order valence-electron chi connectivity index (χ2n) is 6.49. The molecule has 7 heteroatoms. The van der Waals surface area contributed by atoms with Gasteiger partial charge in [-0.25, -0.2) is 0 Å². The van der Waals surface area contributed by atoms with E-state index in [1.54, 1.807) is 42.5 Å². The molecule has 4 aromatic rings. The molecule has 0 aliphatic carbocycles. The number of nitro benzene ring substituents is 1. The molecule has 0 saturated carbocycles. The second kappa shape index (κ2) is 7.47. The van der Waals surface area contributed by atoms with Gasteiger partial charge in [0, 0.05) is 17.2 Å². The molecular weight excluding hydrogens is 368 g/mol. The number of ketones is 1. The lowest BCUT2D eigenvalue weighted by atomic mass is 10.0.